The Labute approximate surface area is 182 Å². The zero-order valence-electron chi connectivity index (χ0n) is 15.9. The minimum atomic E-state index is -0.166. The quantitative estimate of drug-likeness (QED) is 0.377. The Hall–Kier alpha value is -2.35. The van der Waals surface area contributed by atoms with E-state index in [1.165, 1.54) is 23.1 Å². The number of ether oxygens (including phenoxy) is 1. The number of amides is 1. The third-order valence-corrected chi connectivity index (χ3v) is 6.54. The zero-order chi connectivity index (χ0) is 20.8. The second-order valence-corrected chi connectivity index (χ2v) is 8.72. The van der Waals surface area contributed by atoms with Crippen molar-refractivity contribution in [1.29, 1.82) is 0 Å². The summed E-state index contributed by atoms with van der Waals surface area (Å²) in [7, 11) is 1.59. The van der Waals surface area contributed by atoms with Crippen molar-refractivity contribution in [2.45, 2.75) is 17.7 Å². The monoisotopic (exact) mass is 446 g/mol. The van der Waals surface area contributed by atoms with Gasteiger partial charge in [-0.3, -0.25) is 9.59 Å². The molecule has 29 heavy (non-hydrogen) atoms. The first kappa shape index (κ1) is 21.4. The fourth-order valence-electron chi connectivity index (χ4n) is 2.46. The van der Waals surface area contributed by atoms with E-state index in [0.29, 0.717) is 27.7 Å². The lowest BCUT2D eigenvalue weighted by molar-refractivity contribution is -0.115. The van der Waals surface area contributed by atoms with Gasteiger partial charge in [-0.05, 0) is 48.9 Å². The largest absolute Gasteiger partial charge is 0.497 e. The van der Waals surface area contributed by atoms with Crippen molar-refractivity contribution in [3.05, 3.63) is 69.7 Å². The summed E-state index contributed by atoms with van der Waals surface area (Å²) in [6.45, 7) is 1.90. The number of nitrogens with zero attached hydrogens (tertiary/aromatic N) is 1. The molecule has 0 aliphatic heterocycles. The number of thiazole rings is 1. The standard InChI is InChI=1S/C21H19ClN2O3S2/c1-13-3-6-15(9-18(13)22)23-20(26)10-16-11-28-21(24-16)29-12-19(25)14-4-7-17(27-2)8-5-14/h3-9,11H,10,12H2,1-2H3,(H,23,26). The van der Waals surface area contributed by atoms with Crippen LogP contribution in [0.1, 0.15) is 21.6 Å². The second kappa shape index (κ2) is 9.91. The number of aryl methyl sites for hydroxylation is 1. The maximum atomic E-state index is 12.3. The molecule has 2 aromatic carbocycles. The minimum absolute atomic E-state index is 0.0170. The lowest BCUT2D eigenvalue weighted by atomic mass is 10.1. The van der Waals surface area contributed by atoms with Crippen LogP contribution in [0.5, 0.6) is 5.75 Å². The summed E-state index contributed by atoms with van der Waals surface area (Å²) in [6, 6.07) is 12.4. The molecule has 0 spiro atoms. The Morgan fingerprint density at radius 1 is 1.21 bits per heavy atom. The Kier molecular flexibility index (Phi) is 7.30. The van der Waals surface area contributed by atoms with Crippen LogP contribution in [0.4, 0.5) is 5.69 Å². The van der Waals surface area contributed by atoms with Crippen LogP contribution in [0.2, 0.25) is 5.02 Å². The van der Waals surface area contributed by atoms with E-state index in [-0.39, 0.29) is 23.9 Å². The number of carbonyl (C=O) groups excluding carboxylic acids is 2. The number of Topliss-reactive ketones (excluding diaryl/α,β-unsaturated/α-hetero) is 1. The van der Waals surface area contributed by atoms with Crippen molar-refractivity contribution < 1.29 is 14.3 Å². The van der Waals surface area contributed by atoms with Gasteiger partial charge in [-0.1, -0.05) is 29.4 Å². The highest BCUT2D eigenvalue weighted by Crippen LogP contribution is 2.25. The van der Waals surface area contributed by atoms with Gasteiger partial charge in [-0.15, -0.1) is 11.3 Å². The van der Waals surface area contributed by atoms with Gasteiger partial charge in [0.05, 0.1) is 25.0 Å². The zero-order valence-corrected chi connectivity index (χ0v) is 18.3. The Balaban J connectivity index is 1.51. The average molecular weight is 447 g/mol. The summed E-state index contributed by atoms with van der Waals surface area (Å²) in [5, 5.41) is 5.26. The Morgan fingerprint density at radius 3 is 2.66 bits per heavy atom. The SMILES string of the molecule is COc1ccc(C(=O)CSc2nc(CC(=O)Nc3ccc(C)c(Cl)c3)cs2)cc1. The number of methoxy groups -OCH3 is 1. The molecule has 0 unspecified atom stereocenters. The maximum absolute atomic E-state index is 12.3. The molecule has 0 atom stereocenters. The van der Waals surface area contributed by atoms with Crippen molar-refractivity contribution in [2.24, 2.45) is 0 Å². The number of ketones is 1. The van der Waals surface area contributed by atoms with Crippen molar-refractivity contribution in [3.8, 4) is 5.75 Å². The van der Waals surface area contributed by atoms with Gasteiger partial charge in [0.25, 0.3) is 0 Å². The fraction of sp³-hybridized carbons (Fsp3) is 0.190. The highest BCUT2D eigenvalue weighted by molar-refractivity contribution is 8.01. The van der Waals surface area contributed by atoms with Crippen LogP contribution in [-0.2, 0) is 11.2 Å². The van der Waals surface area contributed by atoms with Crippen LogP contribution in [0, 0.1) is 6.92 Å². The minimum Gasteiger partial charge on any atom is -0.497 e. The van der Waals surface area contributed by atoms with Gasteiger partial charge in [0.1, 0.15) is 5.75 Å². The van der Waals surface area contributed by atoms with Crippen LogP contribution >= 0.6 is 34.7 Å². The van der Waals surface area contributed by atoms with Gasteiger partial charge in [0.2, 0.25) is 5.91 Å². The molecule has 0 saturated carbocycles. The number of carbonyl (C=O) groups is 2. The third-order valence-electron chi connectivity index (χ3n) is 4.07. The molecule has 1 heterocycles. The molecule has 1 N–H and O–H groups in total. The predicted octanol–water partition coefficient (Wildman–Crippen LogP) is 5.27. The number of hydrogen-bond acceptors (Lipinski definition) is 6. The molecular formula is C21H19ClN2O3S2. The van der Waals surface area contributed by atoms with Gasteiger partial charge < -0.3 is 10.1 Å². The smallest absolute Gasteiger partial charge is 0.230 e. The van der Waals surface area contributed by atoms with E-state index < -0.39 is 0 Å². The highest BCUT2D eigenvalue weighted by atomic mass is 35.5. The Bertz CT molecular complexity index is 1020. The molecule has 1 aromatic heterocycles. The van der Waals surface area contributed by atoms with Gasteiger partial charge in [0.15, 0.2) is 10.1 Å². The number of thioether (sulfide) groups is 1. The van der Waals surface area contributed by atoms with Gasteiger partial charge >= 0.3 is 0 Å². The number of halogens is 1. The normalized spacial score (nSPS) is 10.6. The number of rotatable bonds is 8. The average Bonchev–Trinajstić information content (AvgIpc) is 3.16. The van der Waals surface area contributed by atoms with Crippen LogP contribution < -0.4 is 10.1 Å². The number of nitrogens with one attached hydrogen (secondary N) is 1. The molecule has 3 aromatic rings. The van der Waals surface area contributed by atoms with Crippen molar-refractivity contribution in [1.82, 2.24) is 4.98 Å². The highest BCUT2D eigenvalue weighted by Gasteiger charge is 2.12. The summed E-state index contributed by atoms with van der Waals surface area (Å²) in [5.41, 5.74) is 2.91. The molecule has 5 nitrogen and oxygen atoms in total. The van der Waals surface area contributed by atoms with Crippen LogP contribution in [-0.4, -0.2) is 29.5 Å². The number of benzene rings is 2. The van der Waals surface area contributed by atoms with E-state index in [4.69, 9.17) is 16.3 Å². The Morgan fingerprint density at radius 2 is 1.97 bits per heavy atom. The molecule has 0 aliphatic carbocycles. The second-order valence-electron chi connectivity index (χ2n) is 6.23. The number of anilines is 1. The third kappa shape index (κ3) is 6.06. The molecule has 0 bridgehead atoms. The van der Waals surface area contributed by atoms with Gasteiger partial charge in [-0.2, -0.15) is 0 Å². The molecular weight excluding hydrogens is 428 g/mol. The maximum Gasteiger partial charge on any atom is 0.230 e. The predicted molar refractivity (Wildman–Crippen MR) is 119 cm³/mol. The van der Waals surface area contributed by atoms with Gasteiger partial charge in [0, 0.05) is 21.7 Å². The van der Waals surface area contributed by atoms with E-state index in [0.717, 1.165) is 9.90 Å². The summed E-state index contributed by atoms with van der Waals surface area (Å²) < 4.78 is 5.85. The number of hydrogen-bond donors (Lipinski definition) is 1. The molecule has 0 saturated heterocycles. The van der Waals surface area contributed by atoms with Crippen molar-refractivity contribution >= 4 is 52.1 Å². The first-order chi connectivity index (χ1) is 13.9. The molecule has 3 rings (SSSR count). The number of aromatic nitrogens is 1. The topological polar surface area (TPSA) is 68.3 Å². The van der Waals surface area contributed by atoms with Crippen LogP contribution in [0.15, 0.2) is 52.2 Å². The molecule has 0 radical (unpaired) electrons. The molecule has 8 heteroatoms. The van der Waals surface area contributed by atoms with Crippen molar-refractivity contribution in [3.63, 3.8) is 0 Å². The van der Waals surface area contributed by atoms with E-state index in [2.05, 4.69) is 10.3 Å². The first-order valence-electron chi connectivity index (χ1n) is 8.75. The molecule has 150 valence electrons. The lowest BCUT2D eigenvalue weighted by Gasteiger charge is -2.06. The van der Waals surface area contributed by atoms with E-state index in [1.54, 1.807) is 37.4 Å². The molecule has 0 fully saturated rings. The summed E-state index contributed by atoms with van der Waals surface area (Å²) in [6.07, 6.45) is 0.162. The van der Waals surface area contributed by atoms with Crippen molar-refractivity contribution in [2.75, 3.05) is 18.2 Å². The fourth-order valence-corrected chi connectivity index (χ4v) is 4.38. The molecule has 1 amide bonds. The van der Waals surface area contributed by atoms with Gasteiger partial charge in [-0.25, -0.2) is 4.98 Å². The first-order valence-corrected chi connectivity index (χ1v) is 11.0. The van der Waals surface area contributed by atoms with Crippen LogP contribution in [0.3, 0.4) is 0 Å². The summed E-state index contributed by atoms with van der Waals surface area (Å²) >= 11 is 8.87. The van der Waals surface area contributed by atoms with E-state index in [9.17, 15) is 9.59 Å². The van der Waals surface area contributed by atoms with Crippen LogP contribution in [0.25, 0.3) is 0 Å². The van der Waals surface area contributed by atoms with E-state index in [1.807, 2.05) is 24.4 Å². The van der Waals surface area contributed by atoms with E-state index >= 15 is 0 Å². The lowest BCUT2D eigenvalue weighted by Crippen LogP contribution is -2.14. The summed E-state index contributed by atoms with van der Waals surface area (Å²) in [5.74, 6) is 0.849. The summed E-state index contributed by atoms with van der Waals surface area (Å²) in [4.78, 5) is 29.0. The molecule has 0 aliphatic rings.